The Labute approximate surface area is 130 Å². The highest BCUT2D eigenvalue weighted by molar-refractivity contribution is 7.13. The fourth-order valence-electron chi connectivity index (χ4n) is 1.81. The summed E-state index contributed by atoms with van der Waals surface area (Å²) >= 11 is 1.17. The van der Waals surface area contributed by atoms with Crippen molar-refractivity contribution >= 4 is 28.3 Å². The lowest BCUT2D eigenvalue weighted by atomic mass is 10.0. The largest absolute Gasteiger partial charge is 0.340 e. The molecular weight excluding hydrogens is 307 g/mol. The van der Waals surface area contributed by atoms with Gasteiger partial charge in [-0.05, 0) is 18.1 Å². The highest BCUT2D eigenvalue weighted by Crippen LogP contribution is 2.12. The van der Waals surface area contributed by atoms with E-state index in [4.69, 9.17) is 0 Å². The van der Waals surface area contributed by atoms with Crippen molar-refractivity contribution in [3.05, 3.63) is 41.2 Å². The van der Waals surface area contributed by atoms with Gasteiger partial charge in [-0.3, -0.25) is 14.9 Å². The molecule has 116 valence electrons. The van der Waals surface area contributed by atoms with E-state index in [1.54, 1.807) is 19.9 Å². The van der Waals surface area contributed by atoms with Crippen LogP contribution in [0.5, 0.6) is 0 Å². The molecule has 0 spiro atoms. The van der Waals surface area contributed by atoms with Gasteiger partial charge in [0, 0.05) is 0 Å². The van der Waals surface area contributed by atoms with Gasteiger partial charge < -0.3 is 5.32 Å². The maximum absolute atomic E-state index is 13.6. The number of nitrogens with zero attached hydrogens (tertiary/aromatic N) is 2. The standard InChI is InChI=1S/C14H15FN4O2S/c1-8(2)11(13(21)18-14-19-16-7-22-14)17-12(20)9-5-3-4-6-10(9)15/h3-8,11H,1-2H3,(H,17,20)(H,18,19,21). The van der Waals surface area contributed by atoms with E-state index in [0.29, 0.717) is 5.13 Å². The minimum absolute atomic E-state index is 0.100. The maximum atomic E-state index is 13.6. The van der Waals surface area contributed by atoms with E-state index in [1.165, 1.54) is 35.0 Å². The molecule has 2 amide bonds. The number of benzene rings is 1. The van der Waals surface area contributed by atoms with Gasteiger partial charge in [-0.15, -0.1) is 10.2 Å². The topological polar surface area (TPSA) is 84.0 Å². The van der Waals surface area contributed by atoms with E-state index in [9.17, 15) is 14.0 Å². The molecule has 0 radical (unpaired) electrons. The van der Waals surface area contributed by atoms with Crippen LogP contribution < -0.4 is 10.6 Å². The minimum Gasteiger partial charge on any atom is -0.340 e. The van der Waals surface area contributed by atoms with Crippen LogP contribution in [0.3, 0.4) is 0 Å². The van der Waals surface area contributed by atoms with Crippen molar-refractivity contribution in [2.45, 2.75) is 19.9 Å². The van der Waals surface area contributed by atoms with Crippen molar-refractivity contribution in [2.24, 2.45) is 5.92 Å². The van der Waals surface area contributed by atoms with Crippen LogP contribution in [0.1, 0.15) is 24.2 Å². The molecule has 0 aliphatic heterocycles. The third-order valence-corrected chi connectivity index (χ3v) is 3.55. The minimum atomic E-state index is -0.809. The van der Waals surface area contributed by atoms with Gasteiger partial charge in [0.05, 0.1) is 5.56 Å². The number of anilines is 1. The molecule has 0 saturated heterocycles. The second-order valence-electron chi connectivity index (χ2n) is 4.91. The van der Waals surface area contributed by atoms with Crippen molar-refractivity contribution in [3.63, 3.8) is 0 Å². The third kappa shape index (κ3) is 3.85. The van der Waals surface area contributed by atoms with Gasteiger partial charge in [-0.2, -0.15) is 0 Å². The van der Waals surface area contributed by atoms with Gasteiger partial charge in [-0.25, -0.2) is 4.39 Å². The quantitative estimate of drug-likeness (QED) is 0.882. The molecule has 1 heterocycles. The summed E-state index contributed by atoms with van der Waals surface area (Å²) < 4.78 is 13.6. The first kappa shape index (κ1) is 16.0. The zero-order chi connectivity index (χ0) is 16.1. The lowest BCUT2D eigenvalue weighted by Gasteiger charge is -2.21. The van der Waals surface area contributed by atoms with Crippen molar-refractivity contribution in [3.8, 4) is 0 Å². The van der Waals surface area contributed by atoms with Gasteiger partial charge in [0.1, 0.15) is 17.4 Å². The average Bonchev–Trinajstić information content (AvgIpc) is 2.97. The number of hydrogen-bond acceptors (Lipinski definition) is 5. The Hall–Kier alpha value is -2.35. The molecule has 2 aromatic rings. The molecule has 1 aromatic carbocycles. The summed E-state index contributed by atoms with van der Waals surface area (Å²) in [5.74, 6) is -1.86. The van der Waals surface area contributed by atoms with Gasteiger partial charge in [0.25, 0.3) is 5.91 Å². The van der Waals surface area contributed by atoms with Crippen LogP contribution in [0.15, 0.2) is 29.8 Å². The van der Waals surface area contributed by atoms with E-state index in [-0.39, 0.29) is 11.5 Å². The van der Waals surface area contributed by atoms with Crippen LogP contribution in [-0.2, 0) is 4.79 Å². The number of hydrogen-bond donors (Lipinski definition) is 2. The maximum Gasteiger partial charge on any atom is 0.254 e. The molecule has 1 atom stereocenters. The zero-order valence-corrected chi connectivity index (χ0v) is 12.9. The van der Waals surface area contributed by atoms with Gasteiger partial charge in [0.15, 0.2) is 0 Å². The normalized spacial score (nSPS) is 12.0. The van der Waals surface area contributed by atoms with E-state index in [1.807, 2.05) is 0 Å². The number of carbonyl (C=O) groups is 2. The van der Waals surface area contributed by atoms with Gasteiger partial charge in [0.2, 0.25) is 11.0 Å². The fraction of sp³-hybridized carbons (Fsp3) is 0.286. The highest BCUT2D eigenvalue weighted by atomic mass is 32.1. The van der Waals surface area contributed by atoms with Crippen LogP contribution in [0.4, 0.5) is 9.52 Å². The van der Waals surface area contributed by atoms with Crippen LogP contribution in [-0.4, -0.2) is 28.1 Å². The van der Waals surface area contributed by atoms with Crippen LogP contribution in [0, 0.1) is 11.7 Å². The van der Waals surface area contributed by atoms with Crippen molar-refractivity contribution in [2.75, 3.05) is 5.32 Å². The second-order valence-corrected chi connectivity index (χ2v) is 5.74. The molecule has 2 N–H and O–H groups in total. The Morgan fingerprint density at radius 1 is 1.27 bits per heavy atom. The summed E-state index contributed by atoms with van der Waals surface area (Å²) in [7, 11) is 0. The Balaban J connectivity index is 2.10. The molecule has 6 nitrogen and oxygen atoms in total. The summed E-state index contributed by atoms with van der Waals surface area (Å²) in [6.45, 7) is 3.57. The first-order chi connectivity index (χ1) is 10.5. The Bertz CT molecular complexity index is 661. The number of aromatic nitrogens is 2. The number of rotatable bonds is 5. The predicted molar refractivity (Wildman–Crippen MR) is 81.0 cm³/mol. The number of carbonyl (C=O) groups excluding carboxylic acids is 2. The fourth-order valence-corrected chi connectivity index (χ4v) is 2.26. The Morgan fingerprint density at radius 3 is 2.59 bits per heavy atom. The van der Waals surface area contributed by atoms with Crippen LogP contribution in [0.25, 0.3) is 0 Å². The molecular formula is C14H15FN4O2S. The van der Waals surface area contributed by atoms with E-state index >= 15 is 0 Å². The molecule has 0 aliphatic carbocycles. The smallest absolute Gasteiger partial charge is 0.254 e. The summed E-state index contributed by atoms with van der Waals surface area (Å²) in [5.41, 5.74) is 1.38. The summed E-state index contributed by atoms with van der Waals surface area (Å²) in [6, 6.07) is 4.81. The van der Waals surface area contributed by atoms with E-state index in [0.717, 1.165) is 0 Å². The zero-order valence-electron chi connectivity index (χ0n) is 12.0. The Morgan fingerprint density at radius 2 is 2.00 bits per heavy atom. The van der Waals surface area contributed by atoms with E-state index < -0.39 is 23.7 Å². The van der Waals surface area contributed by atoms with Gasteiger partial charge in [-0.1, -0.05) is 37.3 Å². The van der Waals surface area contributed by atoms with Crippen LogP contribution in [0.2, 0.25) is 0 Å². The van der Waals surface area contributed by atoms with Crippen molar-refractivity contribution < 1.29 is 14.0 Å². The number of amides is 2. The molecule has 22 heavy (non-hydrogen) atoms. The third-order valence-electron chi connectivity index (χ3n) is 2.94. The lowest BCUT2D eigenvalue weighted by molar-refractivity contribution is -0.118. The highest BCUT2D eigenvalue weighted by Gasteiger charge is 2.26. The summed E-state index contributed by atoms with van der Waals surface area (Å²) in [5, 5.41) is 12.8. The molecule has 1 aromatic heterocycles. The van der Waals surface area contributed by atoms with Crippen molar-refractivity contribution in [1.82, 2.24) is 15.5 Å². The summed E-state index contributed by atoms with van der Waals surface area (Å²) in [6.07, 6.45) is 0. The molecule has 0 aliphatic rings. The molecule has 0 fully saturated rings. The SMILES string of the molecule is CC(C)C(NC(=O)c1ccccc1F)C(=O)Nc1nncs1. The van der Waals surface area contributed by atoms with Crippen molar-refractivity contribution in [1.29, 1.82) is 0 Å². The molecule has 0 bridgehead atoms. The lowest BCUT2D eigenvalue weighted by Crippen LogP contribution is -2.47. The first-order valence-corrected chi connectivity index (χ1v) is 7.49. The predicted octanol–water partition coefficient (Wildman–Crippen LogP) is 2.07. The van der Waals surface area contributed by atoms with Gasteiger partial charge >= 0.3 is 0 Å². The number of halogens is 1. The van der Waals surface area contributed by atoms with Crippen LogP contribution >= 0.6 is 11.3 Å². The Kier molecular flexibility index (Phi) is 5.16. The molecule has 0 saturated carbocycles. The monoisotopic (exact) mass is 322 g/mol. The molecule has 8 heteroatoms. The second kappa shape index (κ2) is 7.08. The molecule has 2 rings (SSSR count). The summed E-state index contributed by atoms with van der Waals surface area (Å²) in [4.78, 5) is 24.4. The molecule has 1 unspecified atom stereocenters. The average molecular weight is 322 g/mol. The van der Waals surface area contributed by atoms with E-state index in [2.05, 4.69) is 20.8 Å². The first-order valence-electron chi connectivity index (χ1n) is 6.61. The number of nitrogens with one attached hydrogen (secondary N) is 2.